The number of carbonyl (C=O) groups is 1. The molecule has 122 valence electrons. The highest BCUT2D eigenvalue weighted by Crippen LogP contribution is 2.06. The monoisotopic (exact) mass is 332 g/mol. The lowest BCUT2D eigenvalue weighted by Crippen LogP contribution is -2.28. The van der Waals surface area contributed by atoms with Gasteiger partial charge in [-0.25, -0.2) is 4.98 Å². The average molecular weight is 332 g/mol. The minimum absolute atomic E-state index is 0.0855. The second-order valence-corrected chi connectivity index (χ2v) is 6.59. The molecule has 0 fully saturated rings. The molecule has 0 aliphatic carbocycles. The number of aromatic nitrogens is 1. The van der Waals surface area contributed by atoms with Crippen LogP contribution < -0.4 is 5.32 Å². The fraction of sp³-hybridized carbons (Fsp3) is 0.294. The number of aryl methyl sites for hydroxylation is 1. The number of ether oxygens (including phenoxy) is 1. The van der Waals surface area contributed by atoms with E-state index in [2.05, 4.69) is 10.3 Å². The van der Waals surface area contributed by atoms with Gasteiger partial charge < -0.3 is 10.1 Å². The minimum Gasteiger partial charge on any atom is -0.380 e. The molecule has 1 atom stereocenters. The van der Waals surface area contributed by atoms with Crippen LogP contribution in [0.5, 0.6) is 0 Å². The van der Waals surface area contributed by atoms with Gasteiger partial charge >= 0.3 is 0 Å². The van der Waals surface area contributed by atoms with E-state index in [1.54, 1.807) is 19.4 Å². The molecule has 0 spiro atoms. The van der Waals surface area contributed by atoms with Gasteiger partial charge in [0, 0.05) is 19.9 Å². The molecule has 5 nitrogen and oxygen atoms in total. The topological polar surface area (TPSA) is 68.3 Å². The third kappa shape index (κ3) is 5.58. The number of carbonyl (C=O) groups excluding carboxylic acids is 1. The lowest BCUT2D eigenvalue weighted by molar-refractivity contribution is -0.118. The van der Waals surface area contributed by atoms with Gasteiger partial charge in [-0.2, -0.15) is 0 Å². The number of methoxy groups -OCH3 is 1. The normalized spacial score (nSPS) is 11.9. The number of nitrogens with zero attached hydrogens (tertiary/aromatic N) is 1. The molecule has 23 heavy (non-hydrogen) atoms. The summed E-state index contributed by atoms with van der Waals surface area (Å²) in [4.78, 5) is 16.0. The highest BCUT2D eigenvalue weighted by molar-refractivity contribution is 7.85. The molecule has 0 saturated heterocycles. The quantitative estimate of drug-likeness (QED) is 0.841. The zero-order valence-electron chi connectivity index (χ0n) is 13.2. The van der Waals surface area contributed by atoms with Gasteiger partial charge in [-0.1, -0.05) is 30.3 Å². The van der Waals surface area contributed by atoms with Gasteiger partial charge in [-0.3, -0.25) is 9.00 Å². The van der Waals surface area contributed by atoms with Crippen LogP contribution >= 0.6 is 0 Å². The van der Waals surface area contributed by atoms with Crippen molar-refractivity contribution in [2.24, 2.45) is 0 Å². The fourth-order valence-corrected chi connectivity index (χ4v) is 2.83. The van der Waals surface area contributed by atoms with Crippen LogP contribution in [0.1, 0.15) is 16.7 Å². The van der Waals surface area contributed by atoms with Crippen LogP contribution in [-0.2, 0) is 33.5 Å². The molecule has 1 N–H and O–H groups in total. The molecule has 1 aromatic heterocycles. The van der Waals surface area contributed by atoms with Gasteiger partial charge in [0.25, 0.3) is 0 Å². The molecule has 0 radical (unpaired) electrons. The van der Waals surface area contributed by atoms with Crippen molar-refractivity contribution in [1.29, 1.82) is 0 Å². The number of nitrogens with one attached hydrogen (secondary N) is 1. The minimum atomic E-state index is -1.43. The third-order valence-electron chi connectivity index (χ3n) is 3.20. The zero-order valence-corrected chi connectivity index (χ0v) is 14.1. The fourth-order valence-electron chi connectivity index (χ4n) is 1.95. The van der Waals surface area contributed by atoms with E-state index in [0.29, 0.717) is 18.2 Å². The largest absolute Gasteiger partial charge is 0.380 e. The molecule has 0 saturated carbocycles. The van der Waals surface area contributed by atoms with E-state index in [1.807, 2.05) is 37.3 Å². The van der Waals surface area contributed by atoms with Gasteiger partial charge in [0.1, 0.15) is 10.8 Å². The van der Waals surface area contributed by atoms with Crippen molar-refractivity contribution in [3.8, 4) is 0 Å². The molecule has 2 aromatic rings. The summed E-state index contributed by atoms with van der Waals surface area (Å²) < 4.78 is 17.1. The maximum absolute atomic E-state index is 12.1. The zero-order chi connectivity index (χ0) is 16.7. The summed E-state index contributed by atoms with van der Waals surface area (Å²) in [5.41, 5.74) is 3.05. The van der Waals surface area contributed by atoms with E-state index < -0.39 is 10.8 Å². The van der Waals surface area contributed by atoms with Crippen molar-refractivity contribution in [3.63, 3.8) is 0 Å². The molecule has 1 amide bonds. The van der Waals surface area contributed by atoms with Crippen molar-refractivity contribution < 1.29 is 13.7 Å². The van der Waals surface area contributed by atoms with E-state index in [9.17, 15) is 9.00 Å². The Hall–Kier alpha value is -2.05. The van der Waals surface area contributed by atoms with E-state index >= 15 is 0 Å². The molecule has 2 rings (SSSR count). The first-order valence-electron chi connectivity index (χ1n) is 7.23. The maximum Gasteiger partial charge on any atom is 0.233 e. The van der Waals surface area contributed by atoms with Crippen LogP contribution in [0, 0.1) is 6.92 Å². The van der Waals surface area contributed by atoms with Crippen molar-refractivity contribution in [1.82, 2.24) is 10.3 Å². The number of benzene rings is 1. The van der Waals surface area contributed by atoms with Crippen LogP contribution in [0.3, 0.4) is 0 Å². The Morgan fingerprint density at radius 3 is 2.48 bits per heavy atom. The standard InChI is InChI=1S/C17H20N2O3S/c1-13-3-8-17(19-9-13)23(21)12-16(20)18-10-14-4-6-15(7-5-14)11-22-2/h3-9H,10-12H2,1-2H3,(H,18,20). The van der Waals surface area contributed by atoms with Gasteiger partial charge in [0.05, 0.1) is 17.4 Å². The predicted octanol–water partition coefficient (Wildman–Crippen LogP) is 1.96. The van der Waals surface area contributed by atoms with Crippen LogP contribution in [0.15, 0.2) is 47.6 Å². The average Bonchev–Trinajstić information content (AvgIpc) is 2.55. The van der Waals surface area contributed by atoms with E-state index in [1.165, 1.54) is 0 Å². The Morgan fingerprint density at radius 2 is 1.87 bits per heavy atom. The van der Waals surface area contributed by atoms with Gasteiger partial charge in [-0.15, -0.1) is 0 Å². The van der Waals surface area contributed by atoms with Gasteiger partial charge in [-0.05, 0) is 29.7 Å². The molecule has 6 heteroatoms. The number of pyridine rings is 1. The second-order valence-electron chi connectivity index (χ2n) is 5.19. The lowest BCUT2D eigenvalue weighted by Gasteiger charge is -2.06. The number of rotatable bonds is 7. The predicted molar refractivity (Wildman–Crippen MR) is 89.3 cm³/mol. The SMILES string of the molecule is COCc1ccc(CNC(=O)CS(=O)c2ccc(C)cn2)cc1. The molecule has 1 heterocycles. The molecule has 0 bridgehead atoms. The Bertz CT molecular complexity index is 669. The molecule has 1 aromatic carbocycles. The summed E-state index contributed by atoms with van der Waals surface area (Å²) in [5.74, 6) is -0.343. The summed E-state index contributed by atoms with van der Waals surface area (Å²) in [7, 11) is 0.224. The van der Waals surface area contributed by atoms with E-state index in [-0.39, 0.29) is 11.7 Å². The van der Waals surface area contributed by atoms with E-state index in [0.717, 1.165) is 16.7 Å². The maximum atomic E-state index is 12.1. The van der Waals surface area contributed by atoms with Crippen LogP contribution in [-0.4, -0.2) is 28.0 Å². The molecule has 0 aliphatic rings. The first-order valence-corrected chi connectivity index (χ1v) is 8.55. The van der Waals surface area contributed by atoms with Crippen LogP contribution in [0.2, 0.25) is 0 Å². The summed E-state index contributed by atoms with van der Waals surface area (Å²) in [6.45, 7) is 2.88. The van der Waals surface area contributed by atoms with Crippen LogP contribution in [0.25, 0.3) is 0 Å². The smallest absolute Gasteiger partial charge is 0.233 e. The molecular formula is C17H20N2O3S. The summed E-state index contributed by atoms with van der Waals surface area (Å²) >= 11 is 0. The Kier molecular flexibility index (Phi) is 6.43. The molecule has 1 unspecified atom stereocenters. The first-order chi connectivity index (χ1) is 11.1. The van der Waals surface area contributed by atoms with Gasteiger partial charge in [0.2, 0.25) is 5.91 Å². The summed E-state index contributed by atoms with van der Waals surface area (Å²) in [5, 5.41) is 3.20. The highest BCUT2D eigenvalue weighted by Gasteiger charge is 2.11. The summed E-state index contributed by atoms with van der Waals surface area (Å²) in [6, 6.07) is 11.3. The third-order valence-corrected chi connectivity index (χ3v) is 4.44. The van der Waals surface area contributed by atoms with Gasteiger partial charge in [0.15, 0.2) is 0 Å². The second kappa shape index (κ2) is 8.55. The number of hydrogen-bond donors (Lipinski definition) is 1. The van der Waals surface area contributed by atoms with Crippen LogP contribution in [0.4, 0.5) is 0 Å². The highest BCUT2D eigenvalue weighted by atomic mass is 32.2. The molecule has 0 aliphatic heterocycles. The van der Waals surface area contributed by atoms with E-state index in [4.69, 9.17) is 4.74 Å². The Morgan fingerprint density at radius 1 is 1.17 bits per heavy atom. The van der Waals surface area contributed by atoms with Crippen molar-refractivity contribution in [2.45, 2.75) is 25.1 Å². The lowest BCUT2D eigenvalue weighted by atomic mass is 10.1. The first kappa shape index (κ1) is 17.3. The van der Waals surface area contributed by atoms with Crippen molar-refractivity contribution in [3.05, 3.63) is 59.3 Å². The Balaban J connectivity index is 1.82. The summed E-state index contributed by atoms with van der Waals surface area (Å²) in [6.07, 6.45) is 1.65. The number of hydrogen-bond acceptors (Lipinski definition) is 4. The Labute approximate surface area is 138 Å². The van der Waals surface area contributed by atoms with Crippen molar-refractivity contribution in [2.75, 3.05) is 12.9 Å². The molecular weight excluding hydrogens is 312 g/mol. The number of amides is 1. The van der Waals surface area contributed by atoms with Crippen molar-refractivity contribution >= 4 is 16.7 Å².